The molecule has 5 heteroatoms. The number of hydrogen-bond donors (Lipinski definition) is 1. The molecule has 0 aliphatic carbocycles. The average Bonchev–Trinajstić information content (AvgIpc) is 2.21. The molecule has 80 valence electrons. The maximum Gasteiger partial charge on any atom is 0.0630 e. The summed E-state index contributed by atoms with van der Waals surface area (Å²) >= 11 is 0. The molecule has 1 fully saturated rings. The Morgan fingerprint density at radius 1 is 1.29 bits per heavy atom. The molecule has 0 aromatic carbocycles. The lowest BCUT2D eigenvalue weighted by Gasteiger charge is -2.21. The Morgan fingerprint density at radius 3 is 2.71 bits per heavy atom. The van der Waals surface area contributed by atoms with Crippen LogP contribution in [0, 0.1) is 0 Å². The van der Waals surface area contributed by atoms with E-state index in [2.05, 4.69) is 15.3 Å². The first-order valence-corrected chi connectivity index (χ1v) is 4.43. The van der Waals surface area contributed by atoms with Crippen LogP contribution in [0.15, 0.2) is 18.6 Å². The van der Waals surface area contributed by atoms with Crippen molar-refractivity contribution in [2.45, 2.75) is 18.8 Å². The van der Waals surface area contributed by atoms with E-state index in [1.807, 2.05) is 6.20 Å². The number of nitrogens with one attached hydrogen (secondary N) is 1. The largest absolute Gasteiger partial charge is 0.316 e. The van der Waals surface area contributed by atoms with Crippen molar-refractivity contribution in [1.82, 2.24) is 15.3 Å². The van der Waals surface area contributed by atoms with E-state index < -0.39 is 0 Å². The number of halogens is 2. The first-order valence-electron chi connectivity index (χ1n) is 4.43. The van der Waals surface area contributed by atoms with Gasteiger partial charge in [-0.15, -0.1) is 24.8 Å². The van der Waals surface area contributed by atoms with Crippen LogP contribution in [-0.2, 0) is 0 Å². The van der Waals surface area contributed by atoms with Gasteiger partial charge >= 0.3 is 0 Å². The van der Waals surface area contributed by atoms with E-state index in [0.29, 0.717) is 5.92 Å². The molecular weight excluding hydrogens is 221 g/mol. The molecule has 1 saturated heterocycles. The fraction of sp³-hybridized carbons (Fsp3) is 0.556. The molecule has 0 bridgehead atoms. The van der Waals surface area contributed by atoms with Crippen molar-refractivity contribution < 1.29 is 0 Å². The quantitative estimate of drug-likeness (QED) is 0.807. The van der Waals surface area contributed by atoms with E-state index in [1.54, 1.807) is 12.4 Å². The third kappa shape index (κ3) is 3.40. The highest BCUT2D eigenvalue weighted by molar-refractivity contribution is 5.85. The van der Waals surface area contributed by atoms with Crippen molar-refractivity contribution >= 4 is 24.8 Å². The summed E-state index contributed by atoms with van der Waals surface area (Å²) in [5, 5.41) is 3.37. The van der Waals surface area contributed by atoms with Crippen molar-refractivity contribution in [3.63, 3.8) is 0 Å². The number of piperidine rings is 1. The second-order valence-electron chi connectivity index (χ2n) is 3.17. The van der Waals surface area contributed by atoms with Gasteiger partial charge in [0.05, 0.1) is 5.69 Å². The summed E-state index contributed by atoms with van der Waals surface area (Å²) in [6, 6.07) is 0. The van der Waals surface area contributed by atoms with Crippen molar-refractivity contribution in [1.29, 1.82) is 0 Å². The Balaban J connectivity index is 0.000000845. The van der Waals surface area contributed by atoms with E-state index in [1.165, 1.54) is 12.8 Å². The predicted molar refractivity (Wildman–Crippen MR) is 61.4 cm³/mol. The minimum atomic E-state index is 0. The Kier molecular flexibility index (Phi) is 6.79. The van der Waals surface area contributed by atoms with Gasteiger partial charge in [0, 0.05) is 31.1 Å². The standard InChI is InChI=1S/C9H13N3.2ClH/c1-2-8(6-10-3-1)9-7-11-4-5-12-9;;/h4-5,7-8,10H,1-3,6H2;2*1H/t8-;;/m0../s1. The fourth-order valence-electron chi connectivity index (χ4n) is 1.63. The van der Waals surface area contributed by atoms with Gasteiger partial charge in [-0.3, -0.25) is 9.97 Å². The Morgan fingerprint density at radius 2 is 2.14 bits per heavy atom. The Hall–Kier alpha value is -0.380. The molecule has 1 aromatic rings. The molecule has 2 heterocycles. The van der Waals surface area contributed by atoms with E-state index in [-0.39, 0.29) is 24.8 Å². The molecule has 0 unspecified atom stereocenters. The van der Waals surface area contributed by atoms with Gasteiger partial charge in [0.15, 0.2) is 0 Å². The predicted octanol–water partition coefficient (Wildman–Crippen LogP) is 1.79. The molecule has 1 aliphatic rings. The molecule has 1 aliphatic heterocycles. The zero-order chi connectivity index (χ0) is 8.23. The minimum absolute atomic E-state index is 0. The van der Waals surface area contributed by atoms with E-state index in [4.69, 9.17) is 0 Å². The number of hydrogen-bond acceptors (Lipinski definition) is 3. The van der Waals surface area contributed by atoms with Gasteiger partial charge in [-0.2, -0.15) is 0 Å². The zero-order valence-electron chi connectivity index (χ0n) is 7.85. The van der Waals surface area contributed by atoms with E-state index >= 15 is 0 Å². The summed E-state index contributed by atoms with van der Waals surface area (Å²) in [6.45, 7) is 2.20. The molecule has 14 heavy (non-hydrogen) atoms. The van der Waals surface area contributed by atoms with Crippen LogP contribution in [0.4, 0.5) is 0 Å². The third-order valence-corrected chi connectivity index (χ3v) is 2.30. The van der Waals surface area contributed by atoms with Crippen molar-refractivity contribution in [3.8, 4) is 0 Å². The highest BCUT2D eigenvalue weighted by atomic mass is 35.5. The fourth-order valence-corrected chi connectivity index (χ4v) is 1.63. The minimum Gasteiger partial charge on any atom is -0.316 e. The monoisotopic (exact) mass is 235 g/mol. The van der Waals surface area contributed by atoms with Crippen LogP contribution in [0.2, 0.25) is 0 Å². The first kappa shape index (κ1) is 13.6. The van der Waals surface area contributed by atoms with Gasteiger partial charge < -0.3 is 5.32 Å². The molecule has 0 amide bonds. The summed E-state index contributed by atoms with van der Waals surface area (Å²) in [7, 11) is 0. The smallest absolute Gasteiger partial charge is 0.0630 e. The van der Waals surface area contributed by atoms with E-state index in [9.17, 15) is 0 Å². The lowest BCUT2D eigenvalue weighted by Crippen LogP contribution is -2.28. The number of rotatable bonds is 1. The second kappa shape index (κ2) is 6.98. The molecule has 0 saturated carbocycles. The first-order chi connectivity index (χ1) is 5.97. The summed E-state index contributed by atoms with van der Waals surface area (Å²) in [5.74, 6) is 0.576. The topological polar surface area (TPSA) is 37.8 Å². The number of aromatic nitrogens is 2. The van der Waals surface area contributed by atoms with Gasteiger partial charge in [-0.25, -0.2) is 0 Å². The zero-order valence-corrected chi connectivity index (χ0v) is 9.48. The summed E-state index contributed by atoms with van der Waals surface area (Å²) in [6.07, 6.45) is 7.86. The molecule has 1 N–H and O–H groups in total. The summed E-state index contributed by atoms with van der Waals surface area (Å²) < 4.78 is 0. The second-order valence-corrected chi connectivity index (χ2v) is 3.17. The summed E-state index contributed by atoms with van der Waals surface area (Å²) in [5.41, 5.74) is 1.13. The SMILES string of the molecule is Cl.Cl.c1cnc([C@H]2CCCNC2)cn1. The van der Waals surface area contributed by atoms with Gasteiger partial charge in [0.25, 0.3) is 0 Å². The highest BCUT2D eigenvalue weighted by Gasteiger charge is 2.15. The van der Waals surface area contributed by atoms with Gasteiger partial charge in [0.1, 0.15) is 0 Å². The molecule has 2 rings (SSSR count). The van der Waals surface area contributed by atoms with Gasteiger partial charge in [0.2, 0.25) is 0 Å². The molecule has 3 nitrogen and oxygen atoms in total. The average molecular weight is 236 g/mol. The Bertz CT molecular complexity index is 237. The highest BCUT2D eigenvalue weighted by Crippen LogP contribution is 2.19. The van der Waals surface area contributed by atoms with E-state index in [0.717, 1.165) is 18.8 Å². The van der Waals surface area contributed by atoms with Crippen LogP contribution in [0.25, 0.3) is 0 Å². The third-order valence-electron chi connectivity index (χ3n) is 2.30. The molecular formula is C9H15Cl2N3. The van der Waals surface area contributed by atoms with Crippen LogP contribution in [-0.4, -0.2) is 23.1 Å². The maximum absolute atomic E-state index is 4.30. The van der Waals surface area contributed by atoms with Crippen LogP contribution in [0.1, 0.15) is 24.5 Å². The molecule has 1 aromatic heterocycles. The molecule has 0 spiro atoms. The maximum atomic E-state index is 4.30. The van der Waals surface area contributed by atoms with Crippen molar-refractivity contribution in [3.05, 3.63) is 24.3 Å². The molecule has 1 atom stereocenters. The van der Waals surface area contributed by atoms with Crippen LogP contribution >= 0.6 is 24.8 Å². The lowest BCUT2D eigenvalue weighted by atomic mass is 9.97. The number of nitrogens with zero attached hydrogens (tertiary/aromatic N) is 2. The van der Waals surface area contributed by atoms with Gasteiger partial charge in [-0.05, 0) is 19.4 Å². The van der Waals surface area contributed by atoms with Crippen molar-refractivity contribution in [2.24, 2.45) is 0 Å². The van der Waals surface area contributed by atoms with Crippen molar-refractivity contribution in [2.75, 3.05) is 13.1 Å². The van der Waals surface area contributed by atoms with Crippen LogP contribution in [0.5, 0.6) is 0 Å². The van der Waals surface area contributed by atoms with Gasteiger partial charge in [-0.1, -0.05) is 0 Å². The van der Waals surface area contributed by atoms with Crippen LogP contribution in [0.3, 0.4) is 0 Å². The Labute approximate surface area is 96.5 Å². The summed E-state index contributed by atoms with van der Waals surface area (Å²) in [4.78, 5) is 8.37. The lowest BCUT2D eigenvalue weighted by molar-refractivity contribution is 0.453. The van der Waals surface area contributed by atoms with Crippen LogP contribution < -0.4 is 5.32 Å². The molecule has 0 radical (unpaired) electrons. The normalized spacial score (nSPS) is 20.4.